The lowest BCUT2D eigenvalue weighted by Crippen LogP contribution is -1.94. The van der Waals surface area contributed by atoms with Gasteiger partial charge in [0.1, 0.15) is 6.29 Å². The van der Waals surface area contributed by atoms with Crippen molar-refractivity contribution in [3.63, 3.8) is 0 Å². The zero-order valence-corrected chi connectivity index (χ0v) is 6.65. The zero-order valence-electron chi connectivity index (χ0n) is 5.06. The average Bonchev–Trinajstić information content (AvgIpc) is 1.83. The maximum Gasteiger partial charge on any atom is 0.122 e. The Labute approximate surface area is 58.6 Å². The van der Waals surface area contributed by atoms with Crippen molar-refractivity contribution in [3.8, 4) is 0 Å². The second kappa shape index (κ2) is 5.29. The first-order valence-corrected chi connectivity index (χ1v) is 3.94. The third-order valence-corrected chi connectivity index (χ3v) is 1.59. The first-order chi connectivity index (χ1) is 3.81. The van der Waals surface area contributed by atoms with Crippen LogP contribution in [0.1, 0.15) is 19.8 Å². The van der Waals surface area contributed by atoms with Crippen LogP contribution in [0.15, 0.2) is 0 Å². The largest absolute Gasteiger partial charge is 0.303 e. The van der Waals surface area contributed by atoms with Gasteiger partial charge >= 0.3 is 0 Å². The Kier molecular flexibility index (Phi) is 5.39. The van der Waals surface area contributed by atoms with Gasteiger partial charge in [-0.05, 0) is 12.8 Å². The summed E-state index contributed by atoms with van der Waals surface area (Å²) < 4.78 is 0. The third kappa shape index (κ3) is 4.31. The third-order valence-electron chi connectivity index (χ3n) is 1.03. The summed E-state index contributed by atoms with van der Waals surface area (Å²) in [6.07, 6.45) is 3.11. The molecule has 0 unspecified atom stereocenters. The van der Waals surface area contributed by atoms with E-state index in [9.17, 15) is 4.79 Å². The van der Waals surface area contributed by atoms with Gasteiger partial charge in [0.25, 0.3) is 0 Å². The van der Waals surface area contributed by atoms with Crippen molar-refractivity contribution in [1.82, 2.24) is 0 Å². The van der Waals surface area contributed by atoms with Crippen molar-refractivity contribution in [2.75, 3.05) is 5.33 Å². The van der Waals surface area contributed by atoms with E-state index >= 15 is 0 Å². The Bertz CT molecular complexity index is 63.5. The van der Waals surface area contributed by atoms with Crippen molar-refractivity contribution in [3.05, 3.63) is 0 Å². The van der Waals surface area contributed by atoms with Crippen molar-refractivity contribution >= 4 is 22.2 Å². The second-order valence-electron chi connectivity index (χ2n) is 1.94. The lowest BCUT2D eigenvalue weighted by atomic mass is 10.1. The summed E-state index contributed by atoms with van der Waals surface area (Å²) in [5.74, 6) is 0.243. The molecule has 0 heterocycles. The molecule has 0 aliphatic heterocycles. The molecule has 0 saturated heterocycles. The molecule has 0 saturated carbocycles. The number of halogens is 1. The predicted octanol–water partition coefficient (Wildman–Crippen LogP) is 2.00. The van der Waals surface area contributed by atoms with Crippen LogP contribution in [-0.2, 0) is 4.79 Å². The lowest BCUT2D eigenvalue weighted by molar-refractivity contribution is -0.110. The number of aldehydes is 1. The van der Waals surface area contributed by atoms with Crippen molar-refractivity contribution in [2.45, 2.75) is 19.8 Å². The summed E-state index contributed by atoms with van der Waals surface area (Å²) in [5, 5.41) is 1.01. The second-order valence-corrected chi connectivity index (χ2v) is 2.74. The van der Waals surface area contributed by atoms with Gasteiger partial charge in [-0.2, -0.15) is 0 Å². The van der Waals surface area contributed by atoms with Crippen LogP contribution in [0, 0.1) is 5.92 Å². The monoisotopic (exact) mass is 178 g/mol. The predicted molar refractivity (Wildman–Crippen MR) is 38.3 cm³/mol. The molecule has 0 amide bonds. The molecule has 0 aromatic carbocycles. The normalized spacial score (nSPS) is 13.2. The van der Waals surface area contributed by atoms with Crippen LogP contribution in [0.3, 0.4) is 0 Å². The highest BCUT2D eigenvalue weighted by Crippen LogP contribution is 2.02. The van der Waals surface area contributed by atoms with Gasteiger partial charge in [-0.15, -0.1) is 0 Å². The quantitative estimate of drug-likeness (QED) is 0.476. The Morgan fingerprint density at radius 3 is 2.75 bits per heavy atom. The van der Waals surface area contributed by atoms with E-state index in [1.165, 1.54) is 0 Å². The van der Waals surface area contributed by atoms with Crippen molar-refractivity contribution in [2.24, 2.45) is 5.92 Å². The Balaban J connectivity index is 2.98. The highest BCUT2D eigenvalue weighted by molar-refractivity contribution is 9.09. The standard InChI is InChI=1S/C6H11BrO/c1-6(5-8)3-2-4-7/h5-6H,2-4H2,1H3/t6-/m0/s1. The number of rotatable bonds is 4. The Morgan fingerprint density at radius 1 is 1.75 bits per heavy atom. The SMILES string of the molecule is C[C@H](C=O)CCCBr. The maximum absolute atomic E-state index is 10.00. The van der Waals surface area contributed by atoms with Crippen LogP contribution in [-0.4, -0.2) is 11.6 Å². The minimum atomic E-state index is 0.243. The lowest BCUT2D eigenvalue weighted by Gasteiger charge is -1.97. The topological polar surface area (TPSA) is 17.1 Å². The highest BCUT2D eigenvalue weighted by atomic mass is 79.9. The molecule has 2 heteroatoms. The van der Waals surface area contributed by atoms with E-state index in [-0.39, 0.29) is 5.92 Å². The van der Waals surface area contributed by atoms with Gasteiger partial charge in [0, 0.05) is 11.2 Å². The average molecular weight is 179 g/mol. The van der Waals surface area contributed by atoms with Gasteiger partial charge in [0.15, 0.2) is 0 Å². The van der Waals surface area contributed by atoms with Crippen LogP contribution in [0.4, 0.5) is 0 Å². The molecular weight excluding hydrogens is 168 g/mol. The van der Waals surface area contributed by atoms with E-state index in [2.05, 4.69) is 15.9 Å². The van der Waals surface area contributed by atoms with Crippen LogP contribution < -0.4 is 0 Å². The minimum absolute atomic E-state index is 0.243. The molecule has 0 aromatic rings. The van der Waals surface area contributed by atoms with Gasteiger partial charge in [-0.1, -0.05) is 22.9 Å². The number of alkyl halides is 1. The molecule has 0 aliphatic rings. The van der Waals surface area contributed by atoms with E-state index in [0.717, 1.165) is 24.5 Å². The molecule has 0 radical (unpaired) electrons. The molecule has 0 rings (SSSR count). The first-order valence-electron chi connectivity index (χ1n) is 2.82. The van der Waals surface area contributed by atoms with E-state index in [1.54, 1.807) is 0 Å². The van der Waals surface area contributed by atoms with Crippen LogP contribution in [0.5, 0.6) is 0 Å². The molecule has 48 valence electrons. The molecule has 0 aromatic heterocycles. The Morgan fingerprint density at radius 2 is 2.38 bits per heavy atom. The molecule has 0 bridgehead atoms. The van der Waals surface area contributed by atoms with Crippen LogP contribution in [0.25, 0.3) is 0 Å². The van der Waals surface area contributed by atoms with Gasteiger partial charge < -0.3 is 4.79 Å². The summed E-state index contributed by atoms with van der Waals surface area (Å²) in [4.78, 5) is 10.00. The molecule has 1 nitrogen and oxygen atoms in total. The van der Waals surface area contributed by atoms with Gasteiger partial charge in [-0.3, -0.25) is 0 Å². The molecule has 0 aliphatic carbocycles. The highest BCUT2D eigenvalue weighted by Gasteiger charge is 1.95. The summed E-state index contributed by atoms with van der Waals surface area (Å²) in [6, 6.07) is 0. The zero-order chi connectivity index (χ0) is 6.41. The first kappa shape index (κ1) is 8.15. The van der Waals surface area contributed by atoms with Gasteiger partial charge in [0.05, 0.1) is 0 Å². The van der Waals surface area contributed by atoms with Crippen LogP contribution in [0.2, 0.25) is 0 Å². The fraction of sp³-hybridized carbons (Fsp3) is 0.833. The fourth-order valence-electron chi connectivity index (χ4n) is 0.467. The van der Waals surface area contributed by atoms with Gasteiger partial charge in [0.2, 0.25) is 0 Å². The molecule has 0 N–H and O–H groups in total. The van der Waals surface area contributed by atoms with Crippen molar-refractivity contribution in [1.29, 1.82) is 0 Å². The van der Waals surface area contributed by atoms with Crippen molar-refractivity contribution < 1.29 is 4.79 Å². The van der Waals surface area contributed by atoms with Gasteiger partial charge in [-0.25, -0.2) is 0 Å². The fourth-order valence-corrected chi connectivity index (χ4v) is 0.791. The summed E-state index contributed by atoms with van der Waals surface area (Å²) in [6.45, 7) is 1.94. The molecule has 8 heavy (non-hydrogen) atoms. The van der Waals surface area contributed by atoms with E-state index in [4.69, 9.17) is 0 Å². The number of hydrogen-bond donors (Lipinski definition) is 0. The smallest absolute Gasteiger partial charge is 0.122 e. The maximum atomic E-state index is 10.00. The van der Waals surface area contributed by atoms with E-state index in [0.29, 0.717) is 0 Å². The number of hydrogen-bond acceptors (Lipinski definition) is 1. The van der Waals surface area contributed by atoms with E-state index < -0.39 is 0 Å². The molecular formula is C6H11BrO. The van der Waals surface area contributed by atoms with Crippen LogP contribution >= 0.6 is 15.9 Å². The van der Waals surface area contributed by atoms with E-state index in [1.807, 2.05) is 6.92 Å². The molecule has 0 fully saturated rings. The summed E-state index contributed by atoms with van der Waals surface area (Å²) >= 11 is 3.29. The molecule has 1 atom stereocenters. The summed E-state index contributed by atoms with van der Waals surface area (Å²) in [5.41, 5.74) is 0. The number of carbonyl (C=O) groups is 1. The molecule has 0 spiro atoms. The minimum Gasteiger partial charge on any atom is -0.303 e. The Hall–Kier alpha value is 0.150. The summed E-state index contributed by atoms with van der Waals surface area (Å²) in [7, 11) is 0. The number of carbonyl (C=O) groups excluding carboxylic acids is 1.